The third-order valence-electron chi connectivity index (χ3n) is 4.62. The van der Waals surface area contributed by atoms with Crippen LogP contribution >= 0.6 is 11.6 Å². The number of benzene rings is 1. The lowest BCUT2D eigenvalue weighted by Gasteiger charge is -2.29. The van der Waals surface area contributed by atoms with E-state index in [9.17, 15) is 13.2 Å². The van der Waals surface area contributed by atoms with E-state index in [1.54, 1.807) is 18.3 Å². The molecule has 0 bridgehead atoms. The van der Waals surface area contributed by atoms with Crippen molar-refractivity contribution in [3.05, 3.63) is 53.2 Å². The Morgan fingerprint density at radius 3 is 2.61 bits per heavy atom. The van der Waals surface area contributed by atoms with Gasteiger partial charge < -0.3 is 10.1 Å². The van der Waals surface area contributed by atoms with Gasteiger partial charge in [0.25, 0.3) is 0 Å². The molecule has 0 unspecified atom stereocenters. The number of pyridine rings is 1. The predicted molar refractivity (Wildman–Crippen MR) is 106 cm³/mol. The van der Waals surface area contributed by atoms with Crippen LogP contribution in [0.5, 0.6) is 5.88 Å². The average molecular weight is 424 g/mol. The Morgan fingerprint density at radius 2 is 1.96 bits per heavy atom. The van der Waals surface area contributed by atoms with E-state index in [0.717, 1.165) is 12.8 Å². The highest BCUT2D eigenvalue weighted by molar-refractivity contribution is 7.89. The number of methoxy groups -OCH3 is 1. The van der Waals surface area contributed by atoms with Crippen molar-refractivity contribution in [2.75, 3.05) is 13.7 Å². The van der Waals surface area contributed by atoms with Crippen LogP contribution in [0.2, 0.25) is 5.02 Å². The zero-order valence-electron chi connectivity index (χ0n) is 15.5. The minimum absolute atomic E-state index is 0.0278. The summed E-state index contributed by atoms with van der Waals surface area (Å²) in [6.07, 6.45) is 3.60. The number of amides is 1. The number of nitrogens with one attached hydrogen (secondary N) is 1. The molecule has 1 aliphatic heterocycles. The second kappa shape index (κ2) is 8.89. The van der Waals surface area contributed by atoms with Crippen LogP contribution in [0, 0.1) is 0 Å². The predicted octanol–water partition coefficient (Wildman–Crippen LogP) is 2.60. The van der Waals surface area contributed by atoms with Gasteiger partial charge in [0, 0.05) is 30.4 Å². The van der Waals surface area contributed by atoms with Crippen molar-refractivity contribution < 1.29 is 17.9 Å². The Bertz CT molecular complexity index is 917. The number of halogens is 1. The van der Waals surface area contributed by atoms with Gasteiger partial charge in [0.05, 0.1) is 12.0 Å². The average Bonchev–Trinajstić information content (AvgIpc) is 2.91. The van der Waals surface area contributed by atoms with Gasteiger partial charge in [-0.15, -0.1) is 0 Å². The summed E-state index contributed by atoms with van der Waals surface area (Å²) in [6.45, 7) is 0.578. The van der Waals surface area contributed by atoms with Gasteiger partial charge in [0.2, 0.25) is 21.8 Å². The number of rotatable bonds is 6. The largest absolute Gasteiger partial charge is 0.481 e. The molecule has 1 aliphatic rings. The van der Waals surface area contributed by atoms with Crippen molar-refractivity contribution in [1.82, 2.24) is 14.6 Å². The molecule has 1 N–H and O–H groups in total. The first-order valence-corrected chi connectivity index (χ1v) is 10.8. The van der Waals surface area contributed by atoms with Crippen LogP contribution in [-0.4, -0.2) is 43.3 Å². The third-order valence-corrected chi connectivity index (χ3v) is 6.74. The Morgan fingerprint density at radius 1 is 1.21 bits per heavy atom. The van der Waals surface area contributed by atoms with Crippen molar-refractivity contribution in [2.24, 2.45) is 0 Å². The number of carbonyl (C=O) groups excluding carboxylic acids is 1. The standard InChI is InChI=1S/C19H22ClN3O4S/c1-27-18-10-5-14(12-22-18)13-23(17-4-2-3-11-21-19(17)24)28(25,26)16-8-6-15(20)7-9-16/h5-10,12,17H,2-4,11,13H2,1H3,(H,21,24)/t17-/m1/s1. The molecule has 150 valence electrons. The summed E-state index contributed by atoms with van der Waals surface area (Å²) < 4.78 is 33.1. The Hall–Kier alpha value is -2.16. The Balaban J connectivity index is 1.99. The zero-order valence-corrected chi connectivity index (χ0v) is 17.0. The van der Waals surface area contributed by atoms with Crippen LogP contribution in [0.3, 0.4) is 0 Å². The molecular formula is C19H22ClN3O4S. The van der Waals surface area contributed by atoms with E-state index in [4.69, 9.17) is 16.3 Å². The molecule has 1 saturated heterocycles. The summed E-state index contributed by atoms with van der Waals surface area (Å²) in [7, 11) is -2.42. The first kappa shape index (κ1) is 20.6. The van der Waals surface area contributed by atoms with Gasteiger partial charge in [0.15, 0.2) is 0 Å². The van der Waals surface area contributed by atoms with Gasteiger partial charge in [-0.3, -0.25) is 4.79 Å². The zero-order chi connectivity index (χ0) is 20.1. The number of hydrogen-bond acceptors (Lipinski definition) is 5. The maximum atomic E-state index is 13.4. The lowest BCUT2D eigenvalue weighted by atomic mass is 10.1. The molecule has 28 heavy (non-hydrogen) atoms. The number of carbonyl (C=O) groups is 1. The second-order valence-electron chi connectivity index (χ2n) is 6.52. The highest BCUT2D eigenvalue weighted by atomic mass is 35.5. The quantitative estimate of drug-likeness (QED) is 0.771. The monoisotopic (exact) mass is 423 g/mol. The van der Waals surface area contributed by atoms with Gasteiger partial charge in [0.1, 0.15) is 6.04 Å². The summed E-state index contributed by atoms with van der Waals surface area (Å²) in [4.78, 5) is 16.8. The fourth-order valence-corrected chi connectivity index (χ4v) is 4.84. The summed E-state index contributed by atoms with van der Waals surface area (Å²) in [6, 6.07) is 8.56. The molecule has 7 nitrogen and oxygen atoms in total. The maximum Gasteiger partial charge on any atom is 0.244 e. The van der Waals surface area contributed by atoms with Crippen LogP contribution in [0.1, 0.15) is 24.8 Å². The Labute approximate surface area is 169 Å². The molecule has 2 aromatic rings. The van der Waals surface area contributed by atoms with E-state index in [1.807, 2.05) is 0 Å². The van der Waals surface area contributed by atoms with Gasteiger partial charge in [-0.05, 0) is 49.1 Å². The van der Waals surface area contributed by atoms with Crippen LogP contribution in [0.25, 0.3) is 0 Å². The number of nitrogens with zero attached hydrogens (tertiary/aromatic N) is 2. The molecule has 2 heterocycles. The van der Waals surface area contributed by atoms with Gasteiger partial charge in [-0.1, -0.05) is 17.7 Å². The summed E-state index contributed by atoms with van der Waals surface area (Å²) in [5.74, 6) is 0.152. The molecule has 0 radical (unpaired) electrons. The lowest BCUT2D eigenvalue weighted by Crippen LogP contribution is -2.48. The highest BCUT2D eigenvalue weighted by Crippen LogP contribution is 2.26. The smallest absolute Gasteiger partial charge is 0.244 e. The molecule has 0 saturated carbocycles. The molecule has 1 aromatic heterocycles. The minimum Gasteiger partial charge on any atom is -0.481 e. The van der Waals surface area contributed by atoms with Crippen molar-refractivity contribution >= 4 is 27.5 Å². The first-order valence-electron chi connectivity index (χ1n) is 8.96. The van der Waals surface area contributed by atoms with E-state index in [-0.39, 0.29) is 17.3 Å². The van der Waals surface area contributed by atoms with E-state index >= 15 is 0 Å². The van der Waals surface area contributed by atoms with E-state index < -0.39 is 16.1 Å². The normalized spacial score (nSPS) is 17.8. The minimum atomic E-state index is -3.93. The Kier molecular flexibility index (Phi) is 6.53. The molecule has 0 aliphatic carbocycles. The van der Waals surface area contributed by atoms with Crippen molar-refractivity contribution in [1.29, 1.82) is 0 Å². The second-order valence-corrected chi connectivity index (χ2v) is 8.84. The molecule has 9 heteroatoms. The fraction of sp³-hybridized carbons (Fsp3) is 0.368. The molecule has 1 fully saturated rings. The molecule has 1 atom stereocenters. The SMILES string of the molecule is COc1ccc(CN([C@@H]2CCCCNC2=O)S(=O)(=O)c2ccc(Cl)cc2)cn1. The summed E-state index contributed by atoms with van der Waals surface area (Å²) >= 11 is 5.90. The first-order chi connectivity index (χ1) is 13.4. The molecule has 0 spiro atoms. The van der Waals surface area contributed by atoms with Gasteiger partial charge >= 0.3 is 0 Å². The third kappa shape index (κ3) is 4.63. The number of ether oxygens (including phenoxy) is 1. The maximum absolute atomic E-state index is 13.4. The van der Waals surface area contributed by atoms with E-state index in [0.29, 0.717) is 29.4 Å². The molecule has 1 aromatic carbocycles. The van der Waals surface area contributed by atoms with Crippen molar-refractivity contribution in [3.8, 4) is 5.88 Å². The number of hydrogen-bond donors (Lipinski definition) is 1. The highest BCUT2D eigenvalue weighted by Gasteiger charge is 2.36. The van der Waals surface area contributed by atoms with E-state index in [1.165, 1.54) is 35.7 Å². The fourth-order valence-electron chi connectivity index (χ4n) is 3.11. The topological polar surface area (TPSA) is 88.6 Å². The van der Waals surface area contributed by atoms with Crippen LogP contribution in [0.15, 0.2) is 47.5 Å². The van der Waals surface area contributed by atoms with Crippen molar-refractivity contribution in [3.63, 3.8) is 0 Å². The molecular weight excluding hydrogens is 402 g/mol. The molecule has 3 rings (SSSR count). The van der Waals surface area contributed by atoms with Crippen LogP contribution < -0.4 is 10.1 Å². The van der Waals surface area contributed by atoms with Crippen molar-refractivity contribution in [2.45, 2.75) is 36.7 Å². The van der Waals surface area contributed by atoms with E-state index in [2.05, 4.69) is 10.3 Å². The van der Waals surface area contributed by atoms with Gasteiger partial charge in [-0.2, -0.15) is 4.31 Å². The number of aromatic nitrogens is 1. The van der Waals surface area contributed by atoms with Crippen LogP contribution in [0.4, 0.5) is 0 Å². The van der Waals surface area contributed by atoms with Gasteiger partial charge in [-0.25, -0.2) is 13.4 Å². The van der Waals surface area contributed by atoms with Crippen LogP contribution in [-0.2, 0) is 21.4 Å². The summed E-state index contributed by atoms with van der Waals surface area (Å²) in [5.41, 5.74) is 0.662. The number of sulfonamides is 1. The molecule has 1 amide bonds. The summed E-state index contributed by atoms with van der Waals surface area (Å²) in [5, 5.41) is 3.25. The lowest BCUT2D eigenvalue weighted by molar-refractivity contribution is -0.124.